The van der Waals surface area contributed by atoms with Crippen molar-refractivity contribution in [2.24, 2.45) is 7.05 Å². The molecule has 2 N–H and O–H groups in total. The summed E-state index contributed by atoms with van der Waals surface area (Å²) in [6.45, 7) is 1.92. The molecule has 1 aromatic heterocycles. The molecule has 23 heavy (non-hydrogen) atoms. The minimum absolute atomic E-state index is 0. The third-order valence-corrected chi connectivity index (χ3v) is 3.82. The van der Waals surface area contributed by atoms with Crippen LogP contribution in [0.2, 0.25) is 0 Å². The Balaban J connectivity index is 0.00000192. The lowest BCUT2D eigenvalue weighted by Gasteiger charge is -2.19. The van der Waals surface area contributed by atoms with Crippen molar-refractivity contribution in [3.63, 3.8) is 0 Å². The summed E-state index contributed by atoms with van der Waals surface area (Å²) in [4.78, 5) is 16.6. The van der Waals surface area contributed by atoms with Crippen LogP contribution >= 0.6 is 12.4 Å². The van der Waals surface area contributed by atoms with Crippen LogP contribution in [0.5, 0.6) is 0 Å². The van der Waals surface area contributed by atoms with Gasteiger partial charge in [-0.15, -0.1) is 12.4 Å². The number of aromatic nitrogens is 3. The maximum Gasteiger partial charge on any atom is 0.258 e. The molecule has 0 atom stereocenters. The highest BCUT2D eigenvalue weighted by Crippen LogP contribution is 2.23. The molecule has 0 spiro atoms. The van der Waals surface area contributed by atoms with Crippen molar-refractivity contribution in [2.45, 2.75) is 18.8 Å². The predicted octanol–water partition coefficient (Wildman–Crippen LogP) is 2.10. The number of anilines is 1. The number of nitrogens with one attached hydrogen (secondary N) is 2. The molecule has 0 bridgehead atoms. The number of piperidine rings is 1. The van der Waals surface area contributed by atoms with Gasteiger partial charge in [-0.05, 0) is 50.2 Å². The third kappa shape index (κ3) is 4.05. The summed E-state index contributed by atoms with van der Waals surface area (Å²) in [5, 5.41) is 10.4. The molecule has 1 fully saturated rings. The molecule has 1 aromatic carbocycles. The number of benzene rings is 1. The Hall–Kier alpha value is -1.99. The molecule has 8 heteroatoms. The smallest absolute Gasteiger partial charge is 0.258 e. The standard InChI is InChI=1S/C15H18FN5O.ClH/c1-21-15(18-13(20-21)10-6-8-17-9-7-10)19-14(22)11-2-4-12(16)5-3-11;/h2-5,10,17H,6-9H2,1H3,(H,18,19,20,22);1H. The molecular formula is C15H19ClFN5O. The van der Waals surface area contributed by atoms with Crippen LogP contribution in [0.1, 0.15) is 34.9 Å². The van der Waals surface area contributed by atoms with E-state index in [-0.39, 0.29) is 24.1 Å². The number of carbonyl (C=O) groups is 1. The zero-order valence-corrected chi connectivity index (χ0v) is 13.6. The molecule has 0 saturated carbocycles. The van der Waals surface area contributed by atoms with Crippen LogP contribution in [0.4, 0.5) is 10.3 Å². The Kier molecular flexibility index (Phi) is 5.68. The number of halogens is 2. The Morgan fingerprint density at radius 3 is 2.61 bits per heavy atom. The molecule has 0 radical (unpaired) electrons. The second-order valence-electron chi connectivity index (χ2n) is 5.40. The van der Waals surface area contributed by atoms with Crippen LogP contribution in [0.15, 0.2) is 24.3 Å². The molecule has 0 aliphatic carbocycles. The molecule has 6 nitrogen and oxygen atoms in total. The number of rotatable bonds is 3. The van der Waals surface area contributed by atoms with E-state index in [0.29, 0.717) is 17.4 Å². The number of hydrogen-bond acceptors (Lipinski definition) is 4. The second-order valence-corrected chi connectivity index (χ2v) is 5.40. The van der Waals surface area contributed by atoms with E-state index in [9.17, 15) is 9.18 Å². The van der Waals surface area contributed by atoms with Crippen LogP contribution < -0.4 is 10.6 Å². The van der Waals surface area contributed by atoms with E-state index < -0.39 is 0 Å². The normalized spacial score (nSPS) is 15.0. The van der Waals surface area contributed by atoms with E-state index in [2.05, 4.69) is 20.7 Å². The van der Waals surface area contributed by atoms with Gasteiger partial charge in [0.1, 0.15) is 5.82 Å². The number of amides is 1. The lowest BCUT2D eigenvalue weighted by atomic mass is 9.98. The number of nitrogens with zero attached hydrogens (tertiary/aromatic N) is 3. The fourth-order valence-electron chi connectivity index (χ4n) is 2.54. The summed E-state index contributed by atoms with van der Waals surface area (Å²) >= 11 is 0. The Morgan fingerprint density at radius 1 is 1.30 bits per heavy atom. The Morgan fingerprint density at radius 2 is 1.96 bits per heavy atom. The van der Waals surface area contributed by atoms with Crippen molar-refractivity contribution in [3.8, 4) is 0 Å². The van der Waals surface area contributed by atoms with E-state index in [1.54, 1.807) is 11.7 Å². The van der Waals surface area contributed by atoms with Crippen molar-refractivity contribution in [1.82, 2.24) is 20.1 Å². The number of hydrogen-bond donors (Lipinski definition) is 2. The summed E-state index contributed by atoms with van der Waals surface area (Å²) in [5.74, 6) is 0.793. The lowest BCUT2D eigenvalue weighted by molar-refractivity contribution is 0.102. The van der Waals surface area contributed by atoms with Crippen LogP contribution in [-0.4, -0.2) is 33.8 Å². The first-order valence-electron chi connectivity index (χ1n) is 7.32. The first kappa shape index (κ1) is 17.4. The van der Waals surface area contributed by atoms with Crippen molar-refractivity contribution in [2.75, 3.05) is 18.4 Å². The van der Waals surface area contributed by atoms with Gasteiger partial charge in [-0.25, -0.2) is 9.07 Å². The average Bonchev–Trinajstić information content (AvgIpc) is 2.90. The van der Waals surface area contributed by atoms with Gasteiger partial charge in [-0.1, -0.05) is 0 Å². The highest BCUT2D eigenvalue weighted by molar-refractivity contribution is 6.03. The molecule has 0 unspecified atom stereocenters. The fraction of sp³-hybridized carbons (Fsp3) is 0.400. The lowest BCUT2D eigenvalue weighted by Crippen LogP contribution is -2.27. The number of aryl methyl sites for hydroxylation is 1. The first-order valence-corrected chi connectivity index (χ1v) is 7.32. The summed E-state index contributed by atoms with van der Waals surface area (Å²) in [6, 6.07) is 5.39. The van der Waals surface area contributed by atoms with E-state index in [4.69, 9.17) is 0 Å². The summed E-state index contributed by atoms with van der Waals surface area (Å²) < 4.78 is 14.5. The van der Waals surface area contributed by atoms with Crippen LogP contribution in [0, 0.1) is 5.82 Å². The van der Waals surface area contributed by atoms with E-state index >= 15 is 0 Å². The fourth-order valence-corrected chi connectivity index (χ4v) is 2.54. The molecule has 2 heterocycles. The van der Waals surface area contributed by atoms with Gasteiger partial charge < -0.3 is 5.32 Å². The van der Waals surface area contributed by atoms with Crippen molar-refractivity contribution in [3.05, 3.63) is 41.5 Å². The summed E-state index contributed by atoms with van der Waals surface area (Å²) in [6.07, 6.45) is 1.99. The molecule has 2 aromatic rings. The molecule has 124 valence electrons. The monoisotopic (exact) mass is 339 g/mol. The highest BCUT2D eigenvalue weighted by atomic mass is 35.5. The summed E-state index contributed by atoms with van der Waals surface area (Å²) in [5.41, 5.74) is 0.382. The van der Waals surface area contributed by atoms with Gasteiger partial charge in [0.25, 0.3) is 5.91 Å². The summed E-state index contributed by atoms with van der Waals surface area (Å²) in [7, 11) is 1.75. The Bertz CT molecular complexity index is 667. The largest absolute Gasteiger partial charge is 0.317 e. The molecule has 3 rings (SSSR count). The molecule has 1 saturated heterocycles. The number of carbonyl (C=O) groups excluding carboxylic acids is 1. The van der Waals surface area contributed by atoms with E-state index in [1.807, 2.05) is 0 Å². The van der Waals surface area contributed by atoms with Crippen LogP contribution in [-0.2, 0) is 7.05 Å². The van der Waals surface area contributed by atoms with Gasteiger partial charge in [-0.2, -0.15) is 10.1 Å². The minimum Gasteiger partial charge on any atom is -0.317 e. The topological polar surface area (TPSA) is 71.8 Å². The van der Waals surface area contributed by atoms with Gasteiger partial charge in [0.2, 0.25) is 5.95 Å². The van der Waals surface area contributed by atoms with Crippen LogP contribution in [0.25, 0.3) is 0 Å². The highest BCUT2D eigenvalue weighted by Gasteiger charge is 2.21. The van der Waals surface area contributed by atoms with Gasteiger partial charge in [0, 0.05) is 18.5 Å². The maximum atomic E-state index is 12.9. The average molecular weight is 340 g/mol. The molecule has 1 aliphatic heterocycles. The van der Waals surface area contributed by atoms with Crippen molar-refractivity contribution in [1.29, 1.82) is 0 Å². The maximum absolute atomic E-state index is 12.9. The third-order valence-electron chi connectivity index (χ3n) is 3.82. The van der Waals surface area contributed by atoms with Crippen LogP contribution in [0.3, 0.4) is 0 Å². The predicted molar refractivity (Wildman–Crippen MR) is 87.4 cm³/mol. The van der Waals surface area contributed by atoms with E-state index in [0.717, 1.165) is 31.8 Å². The second kappa shape index (κ2) is 7.52. The van der Waals surface area contributed by atoms with Gasteiger partial charge in [0.05, 0.1) is 0 Å². The van der Waals surface area contributed by atoms with Gasteiger partial charge in [-0.3, -0.25) is 10.1 Å². The Labute approximate surface area is 139 Å². The first-order chi connectivity index (χ1) is 10.6. The zero-order valence-electron chi connectivity index (χ0n) is 12.8. The van der Waals surface area contributed by atoms with Crippen molar-refractivity contribution >= 4 is 24.3 Å². The van der Waals surface area contributed by atoms with Gasteiger partial charge >= 0.3 is 0 Å². The minimum atomic E-state index is -0.372. The molecule has 1 amide bonds. The van der Waals surface area contributed by atoms with Gasteiger partial charge in [0.15, 0.2) is 5.82 Å². The molecule has 1 aliphatic rings. The quantitative estimate of drug-likeness (QED) is 0.898. The van der Waals surface area contributed by atoms with Crippen molar-refractivity contribution < 1.29 is 9.18 Å². The zero-order chi connectivity index (χ0) is 15.5. The molecular weight excluding hydrogens is 321 g/mol. The van der Waals surface area contributed by atoms with E-state index in [1.165, 1.54) is 24.3 Å². The SMILES string of the molecule is Cl.Cn1nc(C2CCNCC2)nc1NC(=O)c1ccc(F)cc1.